The Balaban J connectivity index is 2.49. The highest BCUT2D eigenvalue weighted by Crippen LogP contribution is 2.37. The Morgan fingerprint density at radius 3 is 2.32 bits per heavy atom. The van der Waals surface area contributed by atoms with Gasteiger partial charge in [-0.1, -0.05) is 30.3 Å². The van der Waals surface area contributed by atoms with E-state index in [0.717, 1.165) is 11.6 Å². The van der Waals surface area contributed by atoms with Crippen LogP contribution in [0.1, 0.15) is 12.0 Å². The van der Waals surface area contributed by atoms with Crippen LogP contribution in [0.15, 0.2) is 48.1 Å². The fraction of sp³-hybridized carbons (Fsp3) is 0.143. The number of halogens is 1. The molecular weight excluding hydrogens is 268 g/mol. The number of hydrogen-bond donors (Lipinski definition) is 2. The number of aliphatic carboxylic acids is 2. The molecule has 1 aromatic carbocycles. The highest BCUT2D eigenvalue weighted by molar-refractivity contribution is 6.36. The van der Waals surface area contributed by atoms with Crippen LogP contribution in [0.4, 0.5) is 0 Å². The van der Waals surface area contributed by atoms with Gasteiger partial charge in [0.15, 0.2) is 4.87 Å². The summed E-state index contributed by atoms with van der Waals surface area (Å²) in [4.78, 5) is 20.6. The molecule has 1 aromatic rings. The first-order chi connectivity index (χ1) is 8.92. The lowest BCUT2D eigenvalue weighted by atomic mass is 9.86. The van der Waals surface area contributed by atoms with Crippen LogP contribution >= 0.6 is 11.6 Å². The first kappa shape index (κ1) is 13.4. The second kappa shape index (κ2) is 4.90. The summed E-state index contributed by atoms with van der Waals surface area (Å²) in [6, 6.07) is 8.99. The molecule has 5 heteroatoms. The van der Waals surface area contributed by atoms with Crippen molar-refractivity contribution in [1.82, 2.24) is 0 Å². The van der Waals surface area contributed by atoms with Crippen LogP contribution < -0.4 is 0 Å². The van der Waals surface area contributed by atoms with E-state index in [2.05, 4.69) is 0 Å². The first-order valence-electron chi connectivity index (χ1n) is 5.57. The van der Waals surface area contributed by atoms with Crippen molar-refractivity contribution in [2.75, 3.05) is 0 Å². The summed E-state index contributed by atoms with van der Waals surface area (Å²) in [7, 11) is 0. The topological polar surface area (TPSA) is 74.6 Å². The first-order valence-corrected chi connectivity index (χ1v) is 5.94. The Bertz CT molecular complexity index is 589. The van der Waals surface area contributed by atoms with Gasteiger partial charge in [-0.25, -0.2) is 9.59 Å². The van der Waals surface area contributed by atoms with Gasteiger partial charge in [0.2, 0.25) is 0 Å². The minimum atomic E-state index is -1.71. The molecule has 0 radical (unpaired) electrons. The van der Waals surface area contributed by atoms with Crippen molar-refractivity contribution in [3.05, 3.63) is 53.6 Å². The van der Waals surface area contributed by atoms with Crippen molar-refractivity contribution in [1.29, 1.82) is 0 Å². The number of benzene rings is 1. The largest absolute Gasteiger partial charge is 0.480 e. The van der Waals surface area contributed by atoms with Gasteiger partial charge in [-0.2, -0.15) is 0 Å². The molecule has 0 heterocycles. The summed E-state index contributed by atoms with van der Waals surface area (Å²) in [6.45, 7) is 0. The number of carboxylic acids is 2. The standard InChI is InChI=1S/C14H11ClO4/c15-14(13(18)19)7-10(6-11(8-14)12(16)17)9-4-2-1-3-5-9/h1-6,8H,7H2,(H,16,17)(H,18,19). The Hall–Kier alpha value is -2.07. The van der Waals surface area contributed by atoms with E-state index in [1.54, 1.807) is 24.3 Å². The fourth-order valence-electron chi connectivity index (χ4n) is 1.95. The van der Waals surface area contributed by atoms with E-state index in [4.69, 9.17) is 21.8 Å². The van der Waals surface area contributed by atoms with Gasteiger partial charge in [0.25, 0.3) is 0 Å². The lowest BCUT2D eigenvalue weighted by molar-refractivity contribution is -0.138. The maximum atomic E-state index is 11.2. The second-order valence-electron chi connectivity index (χ2n) is 4.28. The monoisotopic (exact) mass is 278 g/mol. The van der Waals surface area contributed by atoms with E-state index in [0.29, 0.717) is 5.57 Å². The Kier molecular flexibility index (Phi) is 3.44. The van der Waals surface area contributed by atoms with Crippen LogP contribution in [-0.4, -0.2) is 27.0 Å². The molecule has 1 atom stereocenters. The van der Waals surface area contributed by atoms with Crippen molar-refractivity contribution in [3.8, 4) is 0 Å². The van der Waals surface area contributed by atoms with Gasteiger partial charge in [-0.3, -0.25) is 0 Å². The molecule has 2 rings (SSSR count). The minimum absolute atomic E-state index is 0.0463. The zero-order valence-corrected chi connectivity index (χ0v) is 10.6. The molecule has 0 bridgehead atoms. The number of hydrogen-bond acceptors (Lipinski definition) is 2. The van der Waals surface area contributed by atoms with E-state index >= 15 is 0 Å². The molecule has 1 unspecified atom stereocenters. The molecule has 4 nitrogen and oxygen atoms in total. The Morgan fingerprint density at radius 1 is 1.16 bits per heavy atom. The molecule has 1 aliphatic carbocycles. The van der Waals surface area contributed by atoms with Gasteiger partial charge < -0.3 is 10.2 Å². The molecule has 0 aromatic heterocycles. The summed E-state index contributed by atoms with van der Waals surface area (Å²) < 4.78 is 0. The summed E-state index contributed by atoms with van der Waals surface area (Å²) >= 11 is 6.01. The lowest BCUT2D eigenvalue weighted by Gasteiger charge is -2.25. The molecule has 0 aliphatic heterocycles. The third-order valence-corrected chi connectivity index (χ3v) is 3.31. The lowest BCUT2D eigenvalue weighted by Crippen LogP contribution is -2.33. The van der Waals surface area contributed by atoms with Gasteiger partial charge in [0.05, 0.1) is 5.57 Å². The summed E-state index contributed by atoms with van der Waals surface area (Å²) in [5.41, 5.74) is 1.25. The van der Waals surface area contributed by atoms with Gasteiger partial charge >= 0.3 is 11.9 Å². The van der Waals surface area contributed by atoms with Crippen molar-refractivity contribution in [2.45, 2.75) is 11.3 Å². The van der Waals surface area contributed by atoms with Crippen molar-refractivity contribution in [2.24, 2.45) is 0 Å². The number of allylic oxidation sites excluding steroid dienone is 1. The predicted molar refractivity (Wildman–Crippen MR) is 71.0 cm³/mol. The molecule has 0 saturated carbocycles. The average molecular weight is 279 g/mol. The van der Waals surface area contributed by atoms with E-state index < -0.39 is 16.8 Å². The highest BCUT2D eigenvalue weighted by atomic mass is 35.5. The fourth-order valence-corrected chi connectivity index (χ4v) is 2.22. The quantitative estimate of drug-likeness (QED) is 0.833. The van der Waals surface area contributed by atoms with Crippen LogP contribution in [0, 0.1) is 0 Å². The third kappa shape index (κ3) is 2.69. The number of rotatable bonds is 3. The smallest absolute Gasteiger partial charge is 0.335 e. The predicted octanol–water partition coefficient (Wildman–Crippen LogP) is 2.55. The number of carboxylic acid groups (broad SMARTS) is 2. The molecular formula is C14H11ClO4. The van der Waals surface area contributed by atoms with Crippen LogP contribution in [0.2, 0.25) is 0 Å². The van der Waals surface area contributed by atoms with E-state index in [1.165, 1.54) is 6.08 Å². The molecule has 0 saturated heterocycles. The van der Waals surface area contributed by atoms with Crippen molar-refractivity contribution >= 4 is 29.1 Å². The van der Waals surface area contributed by atoms with Crippen LogP contribution in [-0.2, 0) is 9.59 Å². The van der Waals surface area contributed by atoms with Crippen LogP contribution in [0.25, 0.3) is 5.57 Å². The maximum absolute atomic E-state index is 11.2. The zero-order chi connectivity index (χ0) is 14.0. The third-order valence-electron chi connectivity index (χ3n) is 2.91. The summed E-state index contributed by atoms with van der Waals surface area (Å²) in [5.74, 6) is -2.45. The molecule has 0 spiro atoms. The van der Waals surface area contributed by atoms with Crippen LogP contribution in [0.5, 0.6) is 0 Å². The summed E-state index contributed by atoms with van der Waals surface area (Å²) in [6.07, 6.45) is 2.58. The Labute approximate surface area is 114 Å². The normalized spacial score (nSPS) is 22.4. The van der Waals surface area contributed by atoms with Gasteiger partial charge in [-0.05, 0) is 23.3 Å². The average Bonchev–Trinajstić information content (AvgIpc) is 2.39. The molecule has 1 aliphatic rings. The van der Waals surface area contributed by atoms with Gasteiger partial charge in [-0.15, -0.1) is 11.6 Å². The Morgan fingerprint density at radius 2 is 1.79 bits per heavy atom. The van der Waals surface area contributed by atoms with Crippen molar-refractivity contribution in [3.63, 3.8) is 0 Å². The zero-order valence-electron chi connectivity index (χ0n) is 9.84. The van der Waals surface area contributed by atoms with E-state index in [1.807, 2.05) is 6.07 Å². The molecule has 2 N–H and O–H groups in total. The number of carbonyl (C=O) groups is 2. The molecule has 0 amide bonds. The van der Waals surface area contributed by atoms with Crippen LogP contribution in [0.3, 0.4) is 0 Å². The molecule has 0 fully saturated rings. The minimum Gasteiger partial charge on any atom is -0.480 e. The summed E-state index contributed by atoms with van der Waals surface area (Å²) in [5, 5.41) is 18.2. The highest BCUT2D eigenvalue weighted by Gasteiger charge is 2.38. The number of alkyl halides is 1. The molecule has 19 heavy (non-hydrogen) atoms. The van der Waals surface area contributed by atoms with E-state index in [9.17, 15) is 9.59 Å². The second-order valence-corrected chi connectivity index (χ2v) is 4.96. The SMILES string of the molecule is O=C(O)C1=CC(Cl)(C(=O)O)CC(c2ccccc2)=C1. The van der Waals surface area contributed by atoms with Crippen molar-refractivity contribution < 1.29 is 19.8 Å². The van der Waals surface area contributed by atoms with Gasteiger partial charge in [0, 0.05) is 6.42 Å². The molecule has 98 valence electrons. The van der Waals surface area contributed by atoms with Gasteiger partial charge in [0.1, 0.15) is 0 Å². The van der Waals surface area contributed by atoms with E-state index in [-0.39, 0.29) is 12.0 Å². The maximum Gasteiger partial charge on any atom is 0.335 e.